The van der Waals surface area contributed by atoms with Crippen molar-refractivity contribution >= 4 is 0 Å². The van der Waals surface area contributed by atoms with Gasteiger partial charge in [-0.25, -0.2) is 0 Å². The summed E-state index contributed by atoms with van der Waals surface area (Å²) in [6, 6.07) is 0.534. The van der Waals surface area contributed by atoms with Crippen molar-refractivity contribution in [2.45, 2.75) is 53.5 Å². The second-order valence-corrected chi connectivity index (χ2v) is 6.00. The minimum absolute atomic E-state index is 0.419. The van der Waals surface area contributed by atoms with Crippen molar-refractivity contribution < 1.29 is 9.47 Å². The normalized spacial score (nSPS) is 12.4. The Hall–Kier alpha value is -0.120. The van der Waals surface area contributed by atoms with Gasteiger partial charge in [0.1, 0.15) is 0 Å². The lowest BCUT2D eigenvalue weighted by Gasteiger charge is -2.17. The molecule has 0 spiro atoms. The predicted molar refractivity (Wildman–Crippen MR) is 73.5 cm³/mol. The fourth-order valence-electron chi connectivity index (χ4n) is 1.45. The molecule has 0 atom stereocenters. The van der Waals surface area contributed by atoms with Gasteiger partial charge in [-0.1, -0.05) is 34.6 Å². The molecule has 0 aliphatic rings. The molecule has 0 saturated carbocycles. The third-order valence-corrected chi connectivity index (χ3v) is 2.39. The number of nitrogens with one attached hydrogen (secondary N) is 1. The Labute approximate surface area is 107 Å². The van der Waals surface area contributed by atoms with E-state index in [-0.39, 0.29) is 0 Å². The summed E-state index contributed by atoms with van der Waals surface area (Å²) in [6.07, 6.45) is 2.35. The average molecular weight is 245 g/mol. The van der Waals surface area contributed by atoms with E-state index in [1.54, 1.807) is 0 Å². The van der Waals surface area contributed by atoms with Crippen LogP contribution < -0.4 is 5.32 Å². The molecule has 0 aliphatic carbocycles. The zero-order valence-electron chi connectivity index (χ0n) is 12.3. The van der Waals surface area contributed by atoms with E-state index in [9.17, 15) is 0 Å². The largest absolute Gasteiger partial charge is 0.379 e. The van der Waals surface area contributed by atoms with Gasteiger partial charge in [0.25, 0.3) is 0 Å². The smallest absolute Gasteiger partial charge is 0.0701 e. The second-order valence-electron chi connectivity index (χ2n) is 6.00. The Morgan fingerprint density at radius 3 is 2.06 bits per heavy atom. The summed E-state index contributed by atoms with van der Waals surface area (Å²) in [5.74, 6) is 0. The zero-order chi connectivity index (χ0) is 13.1. The van der Waals surface area contributed by atoms with E-state index in [4.69, 9.17) is 9.47 Å². The summed E-state index contributed by atoms with van der Waals surface area (Å²) < 4.78 is 11.0. The van der Waals surface area contributed by atoms with Crippen LogP contribution in [0.2, 0.25) is 0 Å². The summed E-state index contributed by atoms with van der Waals surface area (Å²) in [5, 5.41) is 3.31. The van der Waals surface area contributed by atoms with E-state index in [0.29, 0.717) is 24.7 Å². The fourth-order valence-corrected chi connectivity index (χ4v) is 1.45. The van der Waals surface area contributed by atoms with Crippen LogP contribution in [-0.2, 0) is 9.47 Å². The van der Waals surface area contributed by atoms with E-state index in [2.05, 4.69) is 39.9 Å². The Bertz CT molecular complexity index is 164. The molecule has 104 valence electrons. The molecule has 0 bridgehead atoms. The van der Waals surface area contributed by atoms with Crippen molar-refractivity contribution in [2.75, 3.05) is 33.0 Å². The third-order valence-electron chi connectivity index (χ3n) is 2.39. The first-order valence-electron chi connectivity index (χ1n) is 6.81. The topological polar surface area (TPSA) is 30.5 Å². The molecule has 1 N–H and O–H groups in total. The molecule has 0 fully saturated rings. The first kappa shape index (κ1) is 16.9. The van der Waals surface area contributed by atoms with Crippen LogP contribution in [0.25, 0.3) is 0 Å². The van der Waals surface area contributed by atoms with Gasteiger partial charge in [-0.3, -0.25) is 0 Å². The molecule has 0 amide bonds. The summed E-state index contributed by atoms with van der Waals surface area (Å²) in [4.78, 5) is 0. The Balaban J connectivity index is 3.04. The molecule has 0 unspecified atom stereocenters. The summed E-state index contributed by atoms with van der Waals surface area (Å²) in [6.45, 7) is 15.0. The maximum atomic E-state index is 5.51. The summed E-state index contributed by atoms with van der Waals surface area (Å²) in [7, 11) is 0. The van der Waals surface area contributed by atoms with Crippen LogP contribution in [0.4, 0.5) is 0 Å². The molecule has 0 rings (SSSR count). The maximum Gasteiger partial charge on any atom is 0.0701 e. The highest BCUT2D eigenvalue weighted by molar-refractivity contribution is 4.60. The molecule has 0 aromatic heterocycles. The van der Waals surface area contributed by atoms with Crippen LogP contribution >= 0.6 is 0 Å². The molecule has 3 heteroatoms. The second kappa shape index (κ2) is 9.86. The van der Waals surface area contributed by atoms with E-state index in [1.165, 1.54) is 6.42 Å². The van der Waals surface area contributed by atoms with Gasteiger partial charge in [0.2, 0.25) is 0 Å². The Morgan fingerprint density at radius 1 is 0.941 bits per heavy atom. The molecule has 0 aliphatic heterocycles. The lowest BCUT2D eigenvalue weighted by molar-refractivity contribution is 0.0449. The van der Waals surface area contributed by atoms with Crippen molar-refractivity contribution in [1.82, 2.24) is 5.32 Å². The van der Waals surface area contributed by atoms with Crippen molar-refractivity contribution in [3.05, 3.63) is 0 Å². The van der Waals surface area contributed by atoms with Crippen LogP contribution in [-0.4, -0.2) is 39.0 Å². The number of rotatable bonds is 10. The van der Waals surface area contributed by atoms with Gasteiger partial charge >= 0.3 is 0 Å². The molecule has 0 aromatic rings. The molecule has 0 heterocycles. The Morgan fingerprint density at radius 2 is 1.53 bits per heavy atom. The SMILES string of the molecule is CC(C)NCCOCCOCCCC(C)(C)C. The van der Waals surface area contributed by atoms with Gasteiger partial charge in [0.15, 0.2) is 0 Å². The van der Waals surface area contributed by atoms with Crippen molar-refractivity contribution in [1.29, 1.82) is 0 Å². The molecular weight excluding hydrogens is 214 g/mol. The highest BCUT2D eigenvalue weighted by atomic mass is 16.5. The number of hydrogen-bond donors (Lipinski definition) is 1. The summed E-state index contributed by atoms with van der Waals surface area (Å²) in [5.41, 5.74) is 0.419. The quantitative estimate of drug-likeness (QED) is 0.600. The van der Waals surface area contributed by atoms with Gasteiger partial charge in [-0.05, 0) is 18.3 Å². The lowest BCUT2D eigenvalue weighted by Crippen LogP contribution is -2.27. The molecule has 0 aromatic carbocycles. The van der Waals surface area contributed by atoms with E-state index >= 15 is 0 Å². The monoisotopic (exact) mass is 245 g/mol. The van der Waals surface area contributed by atoms with Crippen LogP contribution in [0.1, 0.15) is 47.5 Å². The fraction of sp³-hybridized carbons (Fsp3) is 1.00. The van der Waals surface area contributed by atoms with Crippen LogP contribution in [0, 0.1) is 5.41 Å². The highest BCUT2D eigenvalue weighted by Gasteiger charge is 2.08. The molecule has 0 saturated heterocycles. The number of ether oxygens (including phenoxy) is 2. The van der Waals surface area contributed by atoms with E-state index in [0.717, 1.165) is 26.2 Å². The first-order chi connectivity index (χ1) is 7.92. The minimum atomic E-state index is 0.419. The Kier molecular flexibility index (Phi) is 9.79. The van der Waals surface area contributed by atoms with Crippen molar-refractivity contribution in [3.8, 4) is 0 Å². The van der Waals surface area contributed by atoms with Gasteiger partial charge in [0, 0.05) is 19.2 Å². The van der Waals surface area contributed by atoms with E-state index < -0.39 is 0 Å². The van der Waals surface area contributed by atoms with Crippen molar-refractivity contribution in [3.63, 3.8) is 0 Å². The van der Waals surface area contributed by atoms with Crippen LogP contribution in [0.15, 0.2) is 0 Å². The highest BCUT2D eigenvalue weighted by Crippen LogP contribution is 2.20. The molecule has 0 radical (unpaired) electrons. The van der Waals surface area contributed by atoms with Gasteiger partial charge < -0.3 is 14.8 Å². The van der Waals surface area contributed by atoms with Crippen LogP contribution in [0.5, 0.6) is 0 Å². The average Bonchev–Trinajstić information content (AvgIpc) is 2.18. The van der Waals surface area contributed by atoms with E-state index in [1.807, 2.05) is 0 Å². The molecule has 17 heavy (non-hydrogen) atoms. The molecular formula is C14H31NO2. The maximum absolute atomic E-state index is 5.51. The zero-order valence-corrected chi connectivity index (χ0v) is 12.3. The van der Waals surface area contributed by atoms with Crippen LogP contribution in [0.3, 0.4) is 0 Å². The molecule has 3 nitrogen and oxygen atoms in total. The third kappa shape index (κ3) is 15.9. The summed E-state index contributed by atoms with van der Waals surface area (Å²) >= 11 is 0. The van der Waals surface area contributed by atoms with Gasteiger partial charge in [-0.15, -0.1) is 0 Å². The van der Waals surface area contributed by atoms with Gasteiger partial charge in [0.05, 0.1) is 19.8 Å². The minimum Gasteiger partial charge on any atom is -0.379 e. The van der Waals surface area contributed by atoms with Crippen molar-refractivity contribution in [2.24, 2.45) is 5.41 Å². The predicted octanol–water partition coefficient (Wildman–Crippen LogP) is 2.84. The number of hydrogen-bond acceptors (Lipinski definition) is 3. The lowest BCUT2D eigenvalue weighted by atomic mass is 9.91. The van der Waals surface area contributed by atoms with Gasteiger partial charge in [-0.2, -0.15) is 0 Å². The first-order valence-corrected chi connectivity index (χ1v) is 6.81. The standard InChI is InChI=1S/C14H31NO2/c1-13(2)15-8-10-17-12-11-16-9-6-7-14(3,4)5/h13,15H,6-12H2,1-5H3.